The SMILES string of the molecule is O=S(=O)(c1cccc(CO)c1)N1CCCC2CCCC21. The monoisotopic (exact) mass is 295 g/mol. The summed E-state index contributed by atoms with van der Waals surface area (Å²) in [6.07, 6.45) is 5.41. The van der Waals surface area contributed by atoms with Gasteiger partial charge in [-0.3, -0.25) is 0 Å². The van der Waals surface area contributed by atoms with Crippen LogP contribution >= 0.6 is 0 Å². The molecule has 2 atom stereocenters. The molecule has 1 saturated heterocycles. The number of piperidine rings is 1. The highest BCUT2D eigenvalue weighted by Gasteiger charge is 2.41. The van der Waals surface area contributed by atoms with Crippen LogP contribution in [-0.2, 0) is 16.6 Å². The van der Waals surface area contributed by atoms with Crippen LogP contribution in [-0.4, -0.2) is 30.4 Å². The highest BCUT2D eigenvalue weighted by molar-refractivity contribution is 7.89. The van der Waals surface area contributed by atoms with Crippen LogP contribution in [0.4, 0.5) is 0 Å². The van der Waals surface area contributed by atoms with Crippen LogP contribution in [0.25, 0.3) is 0 Å². The number of hydrogen-bond acceptors (Lipinski definition) is 3. The molecule has 0 spiro atoms. The first kappa shape index (κ1) is 14.0. The summed E-state index contributed by atoms with van der Waals surface area (Å²) in [5.74, 6) is 0.541. The fourth-order valence-electron chi connectivity index (χ4n) is 3.65. The summed E-state index contributed by atoms with van der Waals surface area (Å²) < 4.78 is 27.4. The second-order valence-corrected chi connectivity index (χ2v) is 7.71. The summed E-state index contributed by atoms with van der Waals surface area (Å²) in [5.41, 5.74) is 0.644. The molecule has 1 aliphatic heterocycles. The van der Waals surface area contributed by atoms with Gasteiger partial charge >= 0.3 is 0 Å². The van der Waals surface area contributed by atoms with Crippen LogP contribution in [0, 0.1) is 5.92 Å². The number of aliphatic hydroxyl groups excluding tert-OH is 1. The van der Waals surface area contributed by atoms with Crippen LogP contribution in [0.1, 0.15) is 37.7 Å². The Morgan fingerprint density at radius 1 is 1.20 bits per heavy atom. The molecule has 1 aliphatic carbocycles. The fraction of sp³-hybridized carbons (Fsp3) is 0.600. The minimum absolute atomic E-state index is 0.130. The lowest BCUT2D eigenvalue weighted by atomic mass is 9.94. The maximum absolute atomic E-state index is 12.8. The Labute approximate surface area is 120 Å². The Morgan fingerprint density at radius 3 is 2.80 bits per heavy atom. The third kappa shape index (κ3) is 2.38. The summed E-state index contributed by atoms with van der Waals surface area (Å²) in [6, 6.07) is 6.86. The summed E-state index contributed by atoms with van der Waals surface area (Å²) in [5, 5.41) is 9.18. The molecule has 1 heterocycles. The largest absolute Gasteiger partial charge is 0.392 e. The number of benzene rings is 1. The normalized spacial score (nSPS) is 27.4. The minimum atomic E-state index is -3.43. The van der Waals surface area contributed by atoms with Gasteiger partial charge in [-0.2, -0.15) is 4.31 Å². The predicted octanol–water partition coefficient (Wildman–Crippen LogP) is 2.13. The van der Waals surface area contributed by atoms with E-state index in [1.807, 2.05) is 0 Å². The molecule has 1 aromatic carbocycles. The number of fused-ring (bicyclic) bond motifs is 1. The van der Waals surface area contributed by atoms with Gasteiger partial charge in [-0.15, -0.1) is 0 Å². The Bertz CT molecular complexity index is 585. The molecule has 110 valence electrons. The maximum atomic E-state index is 12.8. The lowest BCUT2D eigenvalue weighted by molar-refractivity contribution is 0.202. The van der Waals surface area contributed by atoms with Crippen molar-refractivity contribution in [3.8, 4) is 0 Å². The Hall–Kier alpha value is -0.910. The van der Waals surface area contributed by atoms with E-state index in [0.717, 1.165) is 32.1 Å². The van der Waals surface area contributed by atoms with Crippen LogP contribution < -0.4 is 0 Å². The summed E-state index contributed by atoms with van der Waals surface area (Å²) >= 11 is 0. The minimum Gasteiger partial charge on any atom is -0.392 e. The fourth-order valence-corrected chi connectivity index (χ4v) is 5.47. The molecule has 1 N–H and O–H groups in total. The summed E-state index contributed by atoms with van der Waals surface area (Å²) in [6.45, 7) is 0.502. The third-order valence-electron chi connectivity index (χ3n) is 4.63. The van der Waals surface area contributed by atoms with E-state index >= 15 is 0 Å². The average Bonchev–Trinajstić information content (AvgIpc) is 2.95. The summed E-state index contributed by atoms with van der Waals surface area (Å²) in [7, 11) is -3.43. The molecule has 2 unspecified atom stereocenters. The molecule has 0 bridgehead atoms. The zero-order valence-corrected chi connectivity index (χ0v) is 12.3. The van der Waals surface area contributed by atoms with Gasteiger partial charge < -0.3 is 5.11 Å². The second-order valence-electron chi connectivity index (χ2n) is 5.82. The highest BCUT2D eigenvalue weighted by atomic mass is 32.2. The molecular formula is C15H21NO3S. The number of sulfonamides is 1. The van der Waals surface area contributed by atoms with E-state index in [0.29, 0.717) is 22.9 Å². The van der Waals surface area contributed by atoms with Crippen molar-refractivity contribution in [1.82, 2.24) is 4.31 Å². The lowest BCUT2D eigenvalue weighted by Crippen LogP contribution is -2.46. The van der Waals surface area contributed by atoms with Gasteiger partial charge in [0, 0.05) is 12.6 Å². The number of aliphatic hydroxyl groups is 1. The molecular weight excluding hydrogens is 274 g/mol. The van der Waals surface area contributed by atoms with Gasteiger partial charge in [0.1, 0.15) is 0 Å². The quantitative estimate of drug-likeness (QED) is 0.929. The van der Waals surface area contributed by atoms with Crippen molar-refractivity contribution in [3.63, 3.8) is 0 Å². The van der Waals surface area contributed by atoms with Crippen LogP contribution in [0.2, 0.25) is 0 Å². The van der Waals surface area contributed by atoms with Gasteiger partial charge in [0.15, 0.2) is 0 Å². The van der Waals surface area contributed by atoms with E-state index < -0.39 is 10.0 Å². The smallest absolute Gasteiger partial charge is 0.243 e. The van der Waals surface area contributed by atoms with Crippen molar-refractivity contribution in [2.75, 3.05) is 6.54 Å². The first-order valence-electron chi connectivity index (χ1n) is 7.34. The third-order valence-corrected chi connectivity index (χ3v) is 6.55. The van der Waals surface area contributed by atoms with Gasteiger partial charge in [0.05, 0.1) is 11.5 Å². The van der Waals surface area contributed by atoms with E-state index in [-0.39, 0.29) is 12.6 Å². The molecule has 1 aromatic rings. The molecule has 0 radical (unpaired) electrons. The Kier molecular flexibility index (Phi) is 3.84. The van der Waals surface area contributed by atoms with E-state index in [9.17, 15) is 13.5 Å². The van der Waals surface area contributed by atoms with E-state index in [4.69, 9.17) is 0 Å². The van der Waals surface area contributed by atoms with Gasteiger partial charge in [0.25, 0.3) is 0 Å². The lowest BCUT2D eigenvalue weighted by Gasteiger charge is -2.36. The highest BCUT2D eigenvalue weighted by Crippen LogP contribution is 2.39. The van der Waals surface area contributed by atoms with Crippen LogP contribution in [0.3, 0.4) is 0 Å². The topological polar surface area (TPSA) is 57.6 Å². The van der Waals surface area contributed by atoms with Gasteiger partial charge in [-0.1, -0.05) is 18.6 Å². The van der Waals surface area contributed by atoms with Crippen molar-refractivity contribution in [2.45, 2.75) is 49.6 Å². The summed E-state index contributed by atoms with van der Waals surface area (Å²) in [4.78, 5) is 0.316. The first-order valence-corrected chi connectivity index (χ1v) is 8.78. The van der Waals surface area contributed by atoms with Crippen molar-refractivity contribution < 1.29 is 13.5 Å². The molecule has 2 fully saturated rings. The molecule has 20 heavy (non-hydrogen) atoms. The molecule has 1 saturated carbocycles. The van der Waals surface area contributed by atoms with Crippen molar-refractivity contribution >= 4 is 10.0 Å². The van der Waals surface area contributed by atoms with E-state index in [1.165, 1.54) is 0 Å². The maximum Gasteiger partial charge on any atom is 0.243 e. The van der Waals surface area contributed by atoms with Gasteiger partial charge in [-0.05, 0) is 49.3 Å². The Morgan fingerprint density at radius 2 is 2.00 bits per heavy atom. The van der Waals surface area contributed by atoms with Crippen molar-refractivity contribution in [3.05, 3.63) is 29.8 Å². The van der Waals surface area contributed by atoms with Crippen molar-refractivity contribution in [2.24, 2.45) is 5.92 Å². The number of nitrogens with zero attached hydrogens (tertiary/aromatic N) is 1. The van der Waals surface area contributed by atoms with E-state index in [1.54, 1.807) is 28.6 Å². The second kappa shape index (κ2) is 5.47. The molecule has 2 aliphatic rings. The van der Waals surface area contributed by atoms with Crippen molar-refractivity contribution in [1.29, 1.82) is 0 Å². The molecule has 3 rings (SSSR count). The zero-order chi connectivity index (χ0) is 14.2. The molecule has 5 heteroatoms. The standard InChI is InChI=1S/C15H21NO3S/c17-11-12-4-1-7-14(10-12)20(18,19)16-9-3-6-13-5-2-8-15(13)16/h1,4,7,10,13,15,17H,2-3,5-6,8-9,11H2. The number of rotatable bonds is 3. The molecule has 4 nitrogen and oxygen atoms in total. The van der Waals surface area contributed by atoms with Crippen LogP contribution in [0.15, 0.2) is 29.2 Å². The van der Waals surface area contributed by atoms with E-state index in [2.05, 4.69) is 0 Å². The first-order chi connectivity index (χ1) is 9.63. The number of hydrogen-bond donors (Lipinski definition) is 1. The molecule has 0 aromatic heterocycles. The van der Waals surface area contributed by atoms with Crippen LogP contribution in [0.5, 0.6) is 0 Å². The van der Waals surface area contributed by atoms with Gasteiger partial charge in [-0.25, -0.2) is 8.42 Å². The average molecular weight is 295 g/mol. The zero-order valence-electron chi connectivity index (χ0n) is 11.5. The predicted molar refractivity (Wildman–Crippen MR) is 76.6 cm³/mol. The molecule has 0 amide bonds. The Balaban J connectivity index is 1.94. The van der Waals surface area contributed by atoms with Gasteiger partial charge in [0.2, 0.25) is 10.0 Å².